The zero-order valence-corrected chi connectivity index (χ0v) is 27.4. The molecule has 1 aromatic heterocycles. The Bertz CT molecular complexity index is 1830. The zero-order chi connectivity index (χ0) is 33.2. The fourth-order valence-electron chi connectivity index (χ4n) is 7.25. The van der Waals surface area contributed by atoms with Crippen molar-refractivity contribution in [1.29, 1.82) is 0 Å². The summed E-state index contributed by atoms with van der Waals surface area (Å²) in [6, 6.07) is 10.7. The largest absolute Gasteiger partial charge is 0.370 e. The van der Waals surface area contributed by atoms with Gasteiger partial charge in [0.1, 0.15) is 17.4 Å². The first-order valence-corrected chi connectivity index (χ1v) is 16.2. The van der Waals surface area contributed by atoms with Gasteiger partial charge in [-0.2, -0.15) is 0 Å². The number of piperidine rings is 1. The van der Waals surface area contributed by atoms with E-state index in [1.807, 2.05) is 19.9 Å². The first kappa shape index (κ1) is 30.9. The van der Waals surface area contributed by atoms with Crippen LogP contribution in [-0.4, -0.2) is 71.6 Å². The van der Waals surface area contributed by atoms with Crippen LogP contribution >= 0.6 is 0 Å². The lowest BCUT2D eigenvalue weighted by Gasteiger charge is -2.49. The van der Waals surface area contributed by atoms with Crippen molar-refractivity contribution in [2.75, 3.05) is 36.0 Å². The average Bonchev–Trinajstić information content (AvgIpc) is 3.48. The molecule has 11 heteroatoms. The van der Waals surface area contributed by atoms with Gasteiger partial charge in [0.25, 0.3) is 11.8 Å². The molecule has 2 aromatic carbocycles. The number of hydrogen-bond acceptors (Lipinski definition) is 9. The number of amides is 4. The number of rotatable bonds is 9. The highest BCUT2D eigenvalue weighted by Crippen LogP contribution is 2.39. The number of anilines is 2. The Labute approximate surface area is 273 Å². The maximum Gasteiger partial charge on any atom is 0.262 e. The van der Waals surface area contributed by atoms with Gasteiger partial charge in [-0.25, -0.2) is 0 Å². The van der Waals surface area contributed by atoms with E-state index in [4.69, 9.17) is 9.26 Å². The van der Waals surface area contributed by atoms with Crippen LogP contribution in [0.4, 0.5) is 11.4 Å². The highest BCUT2D eigenvalue weighted by Gasteiger charge is 2.46. The number of imide groups is 2. The second kappa shape index (κ2) is 11.5. The molecule has 244 valence electrons. The fourth-order valence-corrected chi connectivity index (χ4v) is 7.25. The summed E-state index contributed by atoms with van der Waals surface area (Å²) in [6.45, 7) is 12.9. The molecule has 1 aliphatic carbocycles. The summed E-state index contributed by atoms with van der Waals surface area (Å²) in [5.74, 6) is -0.751. The van der Waals surface area contributed by atoms with E-state index in [-0.39, 0.29) is 29.6 Å². The summed E-state index contributed by atoms with van der Waals surface area (Å²) < 4.78 is 12.0. The Hall–Kier alpha value is -4.77. The topological polar surface area (TPSA) is 125 Å². The van der Waals surface area contributed by atoms with Crippen LogP contribution in [0.25, 0.3) is 11.1 Å². The van der Waals surface area contributed by atoms with Gasteiger partial charge in [0.2, 0.25) is 11.8 Å². The van der Waals surface area contributed by atoms with Crippen LogP contribution in [0.3, 0.4) is 0 Å². The van der Waals surface area contributed by atoms with Crippen molar-refractivity contribution in [2.45, 2.75) is 65.5 Å². The average molecular weight is 638 g/mol. The molecule has 7 rings (SSSR count). The lowest BCUT2D eigenvalue weighted by molar-refractivity contribution is -0.136. The molecule has 3 aliphatic heterocycles. The van der Waals surface area contributed by atoms with Crippen LogP contribution in [0, 0.1) is 26.7 Å². The molecule has 2 saturated heterocycles. The van der Waals surface area contributed by atoms with Crippen LogP contribution in [0.15, 0.2) is 52.7 Å². The molecule has 0 saturated carbocycles. The van der Waals surface area contributed by atoms with Crippen LogP contribution in [0.1, 0.15) is 70.8 Å². The Kier molecular flexibility index (Phi) is 7.54. The Morgan fingerprint density at radius 1 is 1.04 bits per heavy atom. The van der Waals surface area contributed by atoms with Crippen molar-refractivity contribution >= 4 is 35.0 Å². The molecule has 1 unspecified atom stereocenters. The summed E-state index contributed by atoms with van der Waals surface area (Å²) in [5.41, 5.74) is 7.60. The summed E-state index contributed by atoms with van der Waals surface area (Å²) in [4.78, 5) is 55.9. The van der Waals surface area contributed by atoms with Crippen molar-refractivity contribution in [3.8, 4) is 11.1 Å². The number of carbonyl (C=O) groups is 4. The molecule has 0 radical (unpaired) electrons. The number of aryl methyl sites for hydroxylation is 3. The number of carbonyl (C=O) groups excluding carboxylic acids is 4. The van der Waals surface area contributed by atoms with Crippen molar-refractivity contribution in [1.82, 2.24) is 15.4 Å². The molecular weight excluding hydrogens is 598 g/mol. The van der Waals surface area contributed by atoms with Crippen LogP contribution in [0.2, 0.25) is 0 Å². The summed E-state index contributed by atoms with van der Waals surface area (Å²) in [5, 5.41) is 6.39. The predicted octanol–water partition coefficient (Wildman–Crippen LogP) is 4.69. The number of nitrogens with zero attached hydrogens (tertiary/aromatic N) is 4. The maximum absolute atomic E-state index is 13.3. The second-order valence-electron chi connectivity index (χ2n) is 13.4. The van der Waals surface area contributed by atoms with Gasteiger partial charge in [0, 0.05) is 48.7 Å². The molecule has 0 spiro atoms. The smallest absolute Gasteiger partial charge is 0.262 e. The molecule has 3 aromatic rings. The number of ether oxygens (including phenoxy) is 1. The maximum atomic E-state index is 13.3. The number of benzene rings is 2. The summed E-state index contributed by atoms with van der Waals surface area (Å²) in [6.07, 6.45) is 3.57. The highest BCUT2D eigenvalue weighted by atomic mass is 16.5. The van der Waals surface area contributed by atoms with E-state index in [1.54, 1.807) is 12.1 Å². The summed E-state index contributed by atoms with van der Waals surface area (Å²) in [7, 11) is 0. The minimum absolute atomic E-state index is 0.0875. The number of allylic oxidation sites excluding steroid dienone is 2. The van der Waals surface area contributed by atoms with Gasteiger partial charge in [-0.05, 0) is 81.8 Å². The molecule has 2 atom stereocenters. The molecule has 4 heterocycles. The van der Waals surface area contributed by atoms with Gasteiger partial charge in [-0.3, -0.25) is 29.4 Å². The standard InChI is InChI=1S/C36H39N5O6/c1-20-7-11-28(20)40(30-16-24(8-6-21(30)2)32-22(3)38-47-23(32)4)14-15-46-36(5)18-39(19-36)25-9-10-26-27(17-25)35(45)41(34(26)44)29-12-13-31(42)37-33(29)43/h6,8-11,16-17,20,29H,7,12-15,18-19H2,1-5H3,(H,37,42,43)/t20-,29?/m1/s1. The van der Waals surface area contributed by atoms with E-state index in [1.165, 1.54) is 11.3 Å². The van der Waals surface area contributed by atoms with Crippen LogP contribution < -0.4 is 15.1 Å². The molecule has 4 aliphatic rings. The third-order valence-electron chi connectivity index (χ3n) is 9.92. The molecule has 11 nitrogen and oxygen atoms in total. The van der Waals surface area contributed by atoms with Crippen molar-refractivity contribution in [2.24, 2.45) is 5.92 Å². The van der Waals surface area contributed by atoms with E-state index in [0.29, 0.717) is 32.2 Å². The highest BCUT2D eigenvalue weighted by molar-refractivity contribution is 6.23. The van der Waals surface area contributed by atoms with Crippen molar-refractivity contribution in [3.63, 3.8) is 0 Å². The van der Waals surface area contributed by atoms with Crippen LogP contribution in [-0.2, 0) is 14.3 Å². The molecule has 2 fully saturated rings. The monoisotopic (exact) mass is 637 g/mol. The second-order valence-corrected chi connectivity index (χ2v) is 13.4. The lowest BCUT2D eigenvalue weighted by atomic mass is 9.90. The third-order valence-corrected chi connectivity index (χ3v) is 9.92. The van der Waals surface area contributed by atoms with Crippen molar-refractivity contribution < 1.29 is 28.4 Å². The van der Waals surface area contributed by atoms with Gasteiger partial charge >= 0.3 is 0 Å². The van der Waals surface area contributed by atoms with Gasteiger partial charge in [0.15, 0.2) is 0 Å². The Morgan fingerprint density at radius 3 is 2.47 bits per heavy atom. The fraction of sp³-hybridized carbons (Fsp3) is 0.417. The Balaban J connectivity index is 1.02. The summed E-state index contributed by atoms with van der Waals surface area (Å²) >= 11 is 0. The van der Waals surface area contributed by atoms with Crippen LogP contribution in [0.5, 0.6) is 0 Å². The van der Waals surface area contributed by atoms with E-state index >= 15 is 0 Å². The van der Waals surface area contributed by atoms with Gasteiger partial charge in [-0.1, -0.05) is 30.3 Å². The van der Waals surface area contributed by atoms with Gasteiger partial charge < -0.3 is 19.1 Å². The number of nitrogens with one attached hydrogen (secondary N) is 1. The van der Waals surface area contributed by atoms with Gasteiger partial charge in [0.05, 0.1) is 23.4 Å². The lowest BCUT2D eigenvalue weighted by Crippen LogP contribution is -2.62. The van der Waals surface area contributed by atoms with E-state index in [0.717, 1.165) is 45.3 Å². The zero-order valence-electron chi connectivity index (χ0n) is 27.4. The number of aromatic nitrogens is 1. The molecule has 0 bridgehead atoms. The minimum Gasteiger partial charge on any atom is -0.370 e. The number of hydrogen-bond donors (Lipinski definition) is 1. The third kappa shape index (κ3) is 5.32. The quantitative estimate of drug-likeness (QED) is 0.333. The molecule has 1 N–H and O–H groups in total. The normalized spacial score (nSPS) is 21.7. The Morgan fingerprint density at radius 2 is 1.81 bits per heavy atom. The van der Waals surface area contributed by atoms with Gasteiger partial charge in [-0.15, -0.1) is 0 Å². The first-order chi connectivity index (χ1) is 22.4. The van der Waals surface area contributed by atoms with E-state index < -0.39 is 29.7 Å². The van der Waals surface area contributed by atoms with E-state index in [9.17, 15) is 19.2 Å². The number of fused-ring (bicyclic) bond motifs is 1. The van der Waals surface area contributed by atoms with Crippen molar-refractivity contribution in [3.05, 3.63) is 76.3 Å². The minimum atomic E-state index is -0.982. The van der Waals surface area contributed by atoms with E-state index in [2.05, 4.69) is 65.3 Å². The molecule has 4 amide bonds. The predicted molar refractivity (Wildman–Crippen MR) is 175 cm³/mol. The molecule has 47 heavy (non-hydrogen) atoms. The molecular formula is C36H39N5O6. The SMILES string of the molecule is Cc1ccc(-c2c(C)noc2C)cc1N(CCOC1(C)CN(c2ccc3c(c2)C(=O)N(C2CCC(=O)NC2=O)C3=O)C1)C1=CC[C@H]1C. The first-order valence-electron chi connectivity index (χ1n) is 16.2.